The summed E-state index contributed by atoms with van der Waals surface area (Å²) in [5.74, 6) is 1.38. The molecule has 7 atom stereocenters. The predicted octanol–water partition coefficient (Wildman–Crippen LogP) is 3.09. The van der Waals surface area contributed by atoms with Gasteiger partial charge in [0.05, 0.1) is 6.10 Å². The highest BCUT2D eigenvalue weighted by molar-refractivity contribution is 5.72. The van der Waals surface area contributed by atoms with E-state index in [1.807, 2.05) is 0 Å². The van der Waals surface area contributed by atoms with Crippen LogP contribution >= 0.6 is 0 Å². The Morgan fingerprint density at radius 2 is 1.87 bits per heavy atom. The second-order valence-corrected chi connectivity index (χ2v) is 9.61. The normalized spacial score (nSPS) is 34.3. The number of aliphatic hydroxyl groups is 3. The minimum absolute atomic E-state index is 0.0348. The standard InChI is InChI=1S/C23H33NO6/c1-12(25)24(13(2)26)22(29)30-19-11-15(27)10-14-4-5-16-17(21(14)19)8-9-23(3)18(16)6-7-20(23)28/h10-13,16-18,20,25-28H,4-9H2,1-3H3/t12?,13?,16-,17-,18-,20-,23-/m0/s1. The maximum absolute atomic E-state index is 12.7. The van der Waals surface area contributed by atoms with Gasteiger partial charge in [0.2, 0.25) is 0 Å². The minimum Gasteiger partial charge on any atom is -0.508 e. The third kappa shape index (κ3) is 3.37. The summed E-state index contributed by atoms with van der Waals surface area (Å²) in [4.78, 5) is 13.5. The van der Waals surface area contributed by atoms with Crippen molar-refractivity contribution in [3.63, 3.8) is 0 Å². The van der Waals surface area contributed by atoms with Crippen LogP contribution in [0, 0.1) is 17.3 Å². The lowest BCUT2D eigenvalue weighted by atomic mass is 9.55. The molecule has 0 heterocycles. The Hall–Kier alpha value is -1.83. The van der Waals surface area contributed by atoms with Crippen LogP contribution in [0.2, 0.25) is 0 Å². The number of hydrogen-bond acceptors (Lipinski definition) is 6. The first-order valence-corrected chi connectivity index (χ1v) is 11.0. The first kappa shape index (κ1) is 21.4. The third-order valence-electron chi connectivity index (χ3n) is 7.93. The Bertz CT molecular complexity index is 816. The largest absolute Gasteiger partial charge is 0.508 e. The number of phenols is 1. The molecular formula is C23H33NO6. The number of aliphatic hydroxyl groups excluding tert-OH is 3. The summed E-state index contributed by atoms with van der Waals surface area (Å²) in [7, 11) is 0. The van der Waals surface area contributed by atoms with E-state index in [2.05, 4.69) is 6.92 Å². The van der Waals surface area contributed by atoms with E-state index in [-0.39, 0.29) is 23.2 Å². The lowest BCUT2D eigenvalue weighted by Gasteiger charge is -2.50. The molecule has 3 aliphatic rings. The van der Waals surface area contributed by atoms with E-state index < -0.39 is 18.5 Å². The van der Waals surface area contributed by atoms with Crippen LogP contribution in [0.25, 0.3) is 0 Å². The minimum atomic E-state index is -1.21. The van der Waals surface area contributed by atoms with Gasteiger partial charge in [-0.1, -0.05) is 6.92 Å². The summed E-state index contributed by atoms with van der Waals surface area (Å²) in [6.45, 7) is 4.98. The van der Waals surface area contributed by atoms with Crippen LogP contribution in [0.5, 0.6) is 11.5 Å². The van der Waals surface area contributed by atoms with Crippen molar-refractivity contribution in [2.75, 3.05) is 0 Å². The second kappa shape index (κ2) is 7.70. The van der Waals surface area contributed by atoms with Gasteiger partial charge >= 0.3 is 6.09 Å². The number of ether oxygens (including phenoxy) is 1. The topological polar surface area (TPSA) is 110 Å². The quantitative estimate of drug-likeness (QED) is 0.561. The third-order valence-corrected chi connectivity index (χ3v) is 7.93. The number of carbonyl (C=O) groups is 1. The van der Waals surface area contributed by atoms with Gasteiger partial charge in [-0.3, -0.25) is 4.90 Å². The predicted molar refractivity (Wildman–Crippen MR) is 110 cm³/mol. The Kier molecular flexibility index (Phi) is 5.49. The van der Waals surface area contributed by atoms with Gasteiger partial charge in [0.15, 0.2) is 0 Å². The molecule has 0 aliphatic heterocycles. The molecule has 4 N–H and O–H groups in total. The molecule has 2 unspecified atom stereocenters. The summed E-state index contributed by atoms with van der Waals surface area (Å²) in [5, 5.41) is 40.5. The van der Waals surface area contributed by atoms with E-state index in [4.69, 9.17) is 4.74 Å². The van der Waals surface area contributed by atoms with Gasteiger partial charge in [0.1, 0.15) is 24.0 Å². The molecule has 1 aromatic rings. The fourth-order valence-corrected chi connectivity index (χ4v) is 6.49. The Balaban J connectivity index is 1.68. The number of fused-ring (bicyclic) bond motifs is 5. The van der Waals surface area contributed by atoms with E-state index >= 15 is 0 Å². The number of aryl methyl sites for hydroxylation is 1. The van der Waals surface area contributed by atoms with Gasteiger partial charge in [-0.25, -0.2) is 4.79 Å². The van der Waals surface area contributed by atoms with Crippen molar-refractivity contribution >= 4 is 6.09 Å². The van der Waals surface area contributed by atoms with Crippen LogP contribution in [0.4, 0.5) is 4.79 Å². The van der Waals surface area contributed by atoms with Gasteiger partial charge in [-0.2, -0.15) is 0 Å². The maximum Gasteiger partial charge on any atom is 0.419 e. The molecule has 1 amide bonds. The number of rotatable bonds is 3. The summed E-state index contributed by atoms with van der Waals surface area (Å²) in [6.07, 6.45) is 1.91. The lowest BCUT2D eigenvalue weighted by Crippen LogP contribution is -2.46. The summed E-state index contributed by atoms with van der Waals surface area (Å²) >= 11 is 0. The monoisotopic (exact) mass is 419 g/mol. The van der Waals surface area contributed by atoms with E-state index in [0.717, 1.165) is 54.6 Å². The van der Waals surface area contributed by atoms with Gasteiger partial charge in [0, 0.05) is 11.6 Å². The first-order valence-electron chi connectivity index (χ1n) is 11.0. The van der Waals surface area contributed by atoms with Crippen LogP contribution in [-0.4, -0.2) is 50.0 Å². The van der Waals surface area contributed by atoms with Crippen LogP contribution in [-0.2, 0) is 6.42 Å². The Morgan fingerprint density at radius 3 is 2.53 bits per heavy atom. The van der Waals surface area contributed by atoms with Crippen LogP contribution in [0.15, 0.2) is 12.1 Å². The number of phenolic OH excluding ortho intramolecular Hbond substituents is 1. The molecule has 0 aromatic heterocycles. The summed E-state index contributed by atoms with van der Waals surface area (Å²) in [6, 6.07) is 3.21. The van der Waals surface area contributed by atoms with Crippen molar-refractivity contribution in [2.24, 2.45) is 17.3 Å². The van der Waals surface area contributed by atoms with Gasteiger partial charge in [-0.05, 0) is 87.2 Å². The number of hydrogen-bond donors (Lipinski definition) is 4. The summed E-state index contributed by atoms with van der Waals surface area (Å²) in [5.41, 5.74) is 1.89. The molecule has 4 rings (SSSR count). The highest BCUT2D eigenvalue weighted by Gasteiger charge is 2.55. The Labute approximate surface area is 177 Å². The molecule has 2 saturated carbocycles. The van der Waals surface area contributed by atoms with Crippen molar-refractivity contribution in [3.05, 3.63) is 23.3 Å². The molecule has 0 radical (unpaired) electrons. The van der Waals surface area contributed by atoms with E-state index in [9.17, 15) is 25.2 Å². The zero-order valence-electron chi connectivity index (χ0n) is 17.9. The van der Waals surface area contributed by atoms with E-state index in [1.54, 1.807) is 6.07 Å². The number of benzene rings is 1. The molecule has 0 spiro atoms. The number of amides is 1. The fraction of sp³-hybridized carbons (Fsp3) is 0.696. The van der Waals surface area contributed by atoms with Crippen LogP contribution in [0.3, 0.4) is 0 Å². The average Bonchev–Trinajstić information content (AvgIpc) is 2.95. The smallest absolute Gasteiger partial charge is 0.419 e. The molecule has 0 saturated heterocycles. The SMILES string of the molecule is CC(O)N(C(=O)Oc1cc(O)cc2c1[C@H]1CC[C@]3(C)[C@@H](O)CC[C@H]3[C@H]1CC2)C(C)O. The molecule has 0 bridgehead atoms. The molecule has 1 aromatic carbocycles. The highest BCUT2D eigenvalue weighted by atomic mass is 16.6. The molecular weight excluding hydrogens is 386 g/mol. The molecule has 2 fully saturated rings. The fourth-order valence-electron chi connectivity index (χ4n) is 6.49. The van der Waals surface area contributed by atoms with Crippen molar-refractivity contribution in [1.82, 2.24) is 4.90 Å². The number of nitrogens with zero attached hydrogens (tertiary/aromatic N) is 1. The number of carbonyl (C=O) groups excluding carboxylic acids is 1. The maximum atomic E-state index is 12.7. The molecule has 7 nitrogen and oxygen atoms in total. The summed E-state index contributed by atoms with van der Waals surface area (Å²) < 4.78 is 5.64. The zero-order chi connectivity index (χ0) is 21.8. The van der Waals surface area contributed by atoms with Crippen molar-refractivity contribution in [2.45, 2.75) is 83.8 Å². The average molecular weight is 420 g/mol. The van der Waals surface area contributed by atoms with Gasteiger partial charge < -0.3 is 25.2 Å². The molecule has 3 aliphatic carbocycles. The van der Waals surface area contributed by atoms with Crippen LogP contribution in [0.1, 0.15) is 69.9 Å². The number of aromatic hydroxyl groups is 1. The van der Waals surface area contributed by atoms with Gasteiger partial charge in [0.25, 0.3) is 0 Å². The lowest BCUT2D eigenvalue weighted by molar-refractivity contribution is -0.0628. The second-order valence-electron chi connectivity index (χ2n) is 9.61. The van der Waals surface area contributed by atoms with Crippen molar-refractivity contribution < 1.29 is 30.0 Å². The molecule has 7 heteroatoms. The van der Waals surface area contributed by atoms with Crippen LogP contribution < -0.4 is 4.74 Å². The van der Waals surface area contributed by atoms with E-state index in [0.29, 0.717) is 17.6 Å². The van der Waals surface area contributed by atoms with Crippen molar-refractivity contribution in [1.29, 1.82) is 0 Å². The Morgan fingerprint density at radius 1 is 1.17 bits per heavy atom. The molecule has 30 heavy (non-hydrogen) atoms. The van der Waals surface area contributed by atoms with E-state index in [1.165, 1.54) is 19.9 Å². The molecule has 166 valence electrons. The highest BCUT2D eigenvalue weighted by Crippen LogP contribution is 2.62. The van der Waals surface area contributed by atoms with Crippen molar-refractivity contribution in [3.8, 4) is 11.5 Å². The zero-order valence-corrected chi connectivity index (χ0v) is 17.9. The van der Waals surface area contributed by atoms with Gasteiger partial charge in [-0.15, -0.1) is 0 Å². The first-order chi connectivity index (χ1) is 14.1.